The van der Waals surface area contributed by atoms with E-state index in [9.17, 15) is 0 Å². The number of para-hydroxylation sites is 1. The van der Waals surface area contributed by atoms with Gasteiger partial charge in [0.15, 0.2) is 0 Å². The zero-order valence-corrected chi connectivity index (χ0v) is 32.9. The molecule has 0 amide bonds. The number of nitrogens with zero attached hydrogens (tertiary/aromatic N) is 2. The van der Waals surface area contributed by atoms with Crippen molar-refractivity contribution in [3.05, 3.63) is 211 Å². The Kier molecular flexibility index (Phi) is 7.77. The number of fused-ring (bicyclic) bond motifs is 9. The predicted molar refractivity (Wildman–Crippen MR) is 235 cm³/mol. The number of hydrogen-bond acceptors (Lipinski definition) is 1. The van der Waals surface area contributed by atoms with Crippen molar-refractivity contribution >= 4 is 84.7 Å². The molecule has 2 radical (unpaired) electrons. The van der Waals surface area contributed by atoms with Crippen LogP contribution in [0.3, 0.4) is 0 Å². The van der Waals surface area contributed by atoms with Crippen LogP contribution in [-0.4, -0.2) is 31.4 Å². The number of benzene rings is 9. The predicted octanol–water partition coefficient (Wildman–Crippen LogP) is 13.3. The SMILES string of the molecule is C1=[C](n2c3ccccc3c3cc(-c4ccccc4-c4ccc5c6ccccc6c6ccccc6c5c4)ccc32)[Sn][CH](c2ccccc2)N=C1c1ccccc1. The molecule has 0 saturated carbocycles. The Morgan fingerprint density at radius 2 is 0.873 bits per heavy atom. The van der Waals surface area contributed by atoms with Crippen LogP contribution < -0.4 is 0 Å². The molecule has 0 saturated heterocycles. The average Bonchev–Trinajstić information content (AvgIpc) is 3.60. The van der Waals surface area contributed by atoms with Crippen LogP contribution >= 0.6 is 0 Å². The van der Waals surface area contributed by atoms with Gasteiger partial charge in [-0.05, 0) is 16.2 Å². The molecule has 2 heterocycles. The third-order valence-corrected chi connectivity index (χ3v) is 15.2. The van der Waals surface area contributed by atoms with Gasteiger partial charge in [0.1, 0.15) is 0 Å². The average molecular weight is 806 g/mol. The summed E-state index contributed by atoms with van der Waals surface area (Å²) >= 11 is -1.23. The summed E-state index contributed by atoms with van der Waals surface area (Å²) in [7, 11) is 0. The maximum atomic E-state index is 5.39. The third kappa shape index (κ3) is 5.43. The first kappa shape index (κ1) is 32.2. The van der Waals surface area contributed by atoms with Gasteiger partial charge in [0, 0.05) is 0 Å². The van der Waals surface area contributed by atoms with Gasteiger partial charge in [-0.3, -0.25) is 0 Å². The van der Waals surface area contributed by atoms with Gasteiger partial charge in [0.25, 0.3) is 0 Å². The number of hydrogen-bond donors (Lipinski definition) is 0. The number of allylic oxidation sites excluding steroid dienone is 1. The molecule has 0 N–H and O–H groups in total. The fourth-order valence-electron chi connectivity index (χ4n) is 8.67. The molecule has 0 fully saturated rings. The van der Waals surface area contributed by atoms with Gasteiger partial charge in [0.05, 0.1) is 0 Å². The quantitative estimate of drug-likeness (QED) is 0.122. The van der Waals surface area contributed by atoms with Crippen molar-refractivity contribution in [2.24, 2.45) is 4.99 Å². The molecule has 10 aromatic rings. The molecule has 11 rings (SSSR count). The van der Waals surface area contributed by atoms with Gasteiger partial charge in [-0.1, -0.05) is 48.5 Å². The van der Waals surface area contributed by atoms with Crippen LogP contribution in [0.5, 0.6) is 0 Å². The van der Waals surface area contributed by atoms with Crippen LogP contribution in [0.1, 0.15) is 15.2 Å². The number of aromatic nitrogens is 1. The van der Waals surface area contributed by atoms with E-state index in [1.807, 2.05) is 0 Å². The molecule has 1 unspecified atom stereocenters. The molecule has 1 atom stereocenters. The summed E-state index contributed by atoms with van der Waals surface area (Å²) in [6, 6.07) is 71.2. The molecular formula is C52H34N2Sn. The van der Waals surface area contributed by atoms with Crippen molar-refractivity contribution in [1.29, 1.82) is 0 Å². The van der Waals surface area contributed by atoms with Gasteiger partial charge < -0.3 is 0 Å². The van der Waals surface area contributed by atoms with E-state index < -0.39 is 21.1 Å². The summed E-state index contributed by atoms with van der Waals surface area (Å²) in [5, 5.41) is 10.3. The van der Waals surface area contributed by atoms with Crippen molar-refractivity contribution in [2.75, 3.05) is 0 Å². The zero-order chi connectivity index (χ0) is 36.3. The Morgan fingerprint density at radius 3 is 1.55 bits per heavy atom. The zero-order valence-electron chi connectivity index (χ0n) is 30.0. The summed E-state index contributed by atoms with van der Waals surface area (Å²) in [4.78, 5) is 5.39. The van der Waals surface area contributed by atoms with E-state index in [1.54, 1.807) is 0 Å². The normalized spacial score (nSPS) is 14.5. The topological polar surface area (TPSA) is 17.3 Å². The molecule has 2 nitrogen and oxygen atoms in total. The minimum atomic E-state index is -1.23. The summed E-state index contributed by atoms with van der Waals surface area (Å²) < 4.78 is 4.17. The molecule has 1 aromatic heterocycles. The molecule has 256 valence electrons. The van der Waals surface area contributed by atoms with Crippen LogP contribution in [0.4, 0.5) is 0 Å². The summed E-state index contributed by atoms with van der Waals surface area (Å²) in [6.07, 6.45) is 2.38. The molecule has 9 aromatic carbocycles. The van der Waals surface area contributed by atoms with Crippen LogP contribution in [0.25, 0.3) is 80.1 Å². The van der Waals surface area contributed by atoms with E-state index in [1.165, 1.54) is 85.7 Å². The van der Waals surface area contributed by atoms with Crippen LogP contribution in [0.15, 0.2) is 205 Å². The molecule has 0 spiro atoms. The van der Waals surface area contributed by atoms with Gasteiger partial charge in [-0.2, -0.15) is 0 Å². The van der Waals surface area contributed by atoms with Gasteiger partial charge in [-0.15, -0.1) is 0 Å². The van der Waals surface area contributed by atoms with E-state index in [-0.39, 0.29) is 4.06 Å². The Balaban J connectivity index is 1.07. The van der Waals surface area contributed by atoms with E-state index in [4.69, 9.17) is 4.99 Å². The summed E-state index contributed by atoms with van der Waals surface area (Å²) in [6.45, 7) is 0. The van der Waals surface area contributed by atoms with E-state index in [0.717, 1.165) is 11.3 Å². The van der Waals surface area contributed by atoms with E-state index in [2.05, 4.69) is 205 Å². The van der Waals surface area contributed by atoms with Crippen molar-refractivity contribution in [2.45, 2.75) is 4.06 Å². The monoisotopic (exact) mass is 806 g/mol. The third-order valence-electron chi connectivity index (χ3n) is 11.2. The first-order valence-electron chi connectivity index (χ1n) is 18.9. The van der Waals surface area contributed by atoms with Crippen molar-refractivity contribution in [3.8, 4) is 22.3 Å². The van der Waals surface area contributed by atoms with Crippen molar-refractivity contribution in [1.82, 2.24) is 4.57 Å². The van der Waals surface area contributed by atoms with Crippen LogP contribution in [0, 0.1) is 0 Å². The van der Waals surface area contributed by atoms with E-state index >= 15 is 0 Å². The molecule has 0 bridgehead atoms. The molecule has 55 heavy (non-hydrogen) atoms. The fraction of sp³-hybridized carbons (Fsp3) is 0.0192. The maximum absolute atomic E-state index is 5.39. The fourth-order valence-corrected chi connectivity index (χ4v) is 12.8. The molecule has 0 aliphatic carbocycles. The Hall–Kier alpha value is -6.23. The number of aliphatic imine (C=N–C) groups is 1. The number of rotatable bonds is 5. The van der Waals surface area contributed by atoms with Crippen molar-refractivity contribution in [3.63, 3.8) is 0 Å². The standard InChI is InChI=1S/C52H34N2.Sn/c1-3-15-36(16-4-1)35-53-50(37-17-5-2-6-18-37)31-32-54-51-26-14-13-25-47(51)49-34-39(28-30-52(49)54)41-20-8-7-19-40(41)38-27-29-46-44-23-10-9-21-42(44)43-22-11-12-24-45(43)48(46)33-38;/h1-31,33-35H;. The van der Waals surface area contributed by atoms with Crippen LogP contribution in [0.2, 0.25) is 0 Å². The van der Waals surface area contributed by atoms with Gasteiger partial charge in [-0.25, -0.2) is 0 Å². The first-order chi connectivity index (χ1) is 27.3. The van der Waals surface area contributed by atoms with Gasteiger partial charge >= 0.3 is 267 Å². The van der Waals surface area contributed by atoms with E-state index in [0.29, 0.717) is 0 Å². The Morgan fingerprint density at radius 1 is 0.382 bits per heavy atom. The second-order valence-corrected chi connectivity index (χ2v) is 18.2. The Labute approximate surface area is 329 Å². The molecule has 1 aliphatic heterocycles. The Bertz CT molecular complexity index is 3140. The second kappa shape index (κ2) is 13.3. The van der Waals surface area contributed by atoms with Gasteiger partial charge in [0.2, 0.25) is 0 Å². The molecule has 3 heteroatoms. The van der Waals surface area contributed by atoms with Crippen molar-refractivity contribution < 1.29 is 0 Å². The molecule has 1 aliphatic rings. The summed E-state index contributed by atoms with van der Waals surface area (Å²) in [5.41, 5.74) is 11.0. The summed E-state index contributed by atoms with van der Waals surface area (Å²) in [5.74, 6) is 0. The first-order valence-corrected chi connectivity index (χ1v) is 22.0. The molecular weight excluding hydrogens is 771 g/mol. The van der Waals surface area contributed by atoms with Crippen LogP contribution in [-0.2, 0) is 0 Å². The second-order valence-electron chi connectivity index (χ2n) is 14.3. The minimum absolute atomic E-state index is 0.194.